The first-order valence-electron chi connectivity index (χ1n) is 9.62. The topological polar surface area (TPSA) is 79.5 Å². The van der Waals surface area contributed by atoms with Crippen molar-refractivity contribution >= 4 is 51.2 Å². The maximum Gasteiger partial charge on any atom is 0.276 e. The number of hydrazine groups is 1. The van der Waals surface area contributed by atoms with Crippen molar-refractivity contribution in [2.24, 2.45) is 0 Å². The van der Waals surface area contributed by atoms with Crippen molar-refractivity contribution in [2.45, 2.75) is 33.1 Å². The third-order valence-electron chi connectivity index (χ3n) is 4.21. The molecule has 0 aliphatic heterocycles. The molecule has 2 aromatic rings. The lowest BCUT2D eigenvalue weighted by Gasteiger charge is -2.20. The monoisotopic (exact) mass is 503 g/mol. The first-order chi connectivity index (χ1) is 14.5. The minimum Gasteiger partial charge on any atom is -0.483 e. The largest absolute Gasteiger partial charge is 0.483 e. The highest BCUT2D eigenvalue weighted by atomic mass is 79.9. The van der Waals surface area contributed by atoms with Gasteiger partial charge in [0.25, 0.3) is 5.91 Å². The molecule has 8 heteroatoms. The molecule has 0 saturated heterocycles. The molecule has 31 heavy (non-hydrogen) atoms. The Bertz CT molecular complexity index is 983. The lowest BCUT2D eigenvalue weighted by Crippen LogP contribution is -2.49. The molecule has 2 amide bonds. The molecule has 0 spiro atoms. The molecule has 164 valence electrons. The Labute approximate surface area is 196 Å². The van der Waals surface area contributed by atoms with Crippen molar-refractivity contribution in [3.8, 4) is 5.75 Å². The average Bonchev–Trinajstić information content (AvgIpc) is 2.70. The molecule has 2 aromatic carbocycles. The van der Waals surface area contributed by atoms with Gasteiger partial charge in [-0.3, -0.25) is 25.8 Å². The highest BCUT2D eigenvalue weighted by molar-refractivity contribution is 9.10. The summed E-state index contributed by atoms with van der Waals surface area (Å²) in [4.78, 5) is 23.9. The smallest absolute Gasteiger partial charge is 0.276 e. The Morgan fingerprint density at radius 3 is 2.39 bits per heavy atom. The van der Waals surface area contributed by atoms with E-state index in [0.717, 1.165) is 21.2 Å². The number of ether oxygens (including phenoxy) is 1. The minimum absolute atomic E-state index is 0.0117. The summed E-state index contributed by atoms with van der Waals surface area (Å²) in [5.74, 6) is -0.301. The van der Waals surface area contributed by atoms with Crippen LogP contribution < -0.4 is 20.9 Å². The number of thiocarbonyl (C=S) groups is 1. The van der Waals surface area contributed by atoms with E-state index in [2.05, 4.69) is 52.9 Å². The number of aryl methyl sites for hydroxylation is 1. The fourth-order valence-electron chi connectivity index (χ4n) is 2.42. The zero-order chi connectivity index (χ0) is 23.0. The van der Waals surface area contributed by atoms with Crippen LogP contribution in [0.5, 0.6) is 5.75 Å². The lowest BCUT2D eigenvalue weighted by molar-refractivity contribution is -0.123. The Morgan fingerprint density at radius 1 is 1.10 bits per heavy atom. The van der Waals surface area contributed by atoms with Gasteiger partial charge >= 0.3 is 0 Å². The van der Waals surface area contributed by atoms with E-state index in [0.29, 0.717) is 5.75 Å². The van der Waals surface area contributed by atoms with E-state index >= 15 is 0 Å². The molecule has 0 aliphatic carbocycles. The molecule has 0 fully saturated rings. The van der Waals surface area contributed by atoms with Crippen LogP contribution in [-0.4, -0.2) is 23.5 Å². The van der Waals surface area contributed by atoms with Crippen molar-refractivity contribution in [2.75, 3.05) is 6.61 Å². The Kier molecular flexibility index (Phi) is 8.76. The number of hydrogen-bond acceptors (Lipinski definition) is 4. The molecule has 6 nitrogen and oxygen atoms in total. The van der Waals surface area contributed by atoms with E-state index in [1.54, 1.807) is 6.08 Å². The number of benzene rings is 2. The van der Waals surface area contributed by atoms with Crippen LogP contribution in [0.25, 0.3) is 6.08 Å². The van der Waals surface area contributed by atoms with E-state index < -0.39 is 11.8 Å². The van der Waals surface area contributed by atoms with Crippen LogP contribution in [0.1, 0.15) is 37.5 Å². The highest BCUT2D eigenvalue weighted by Crippen LogP contribution is 2.31. The maximum absolute atomic E-state index is 12.0. The normalized spacial score (nSPS) is 11.1. The van der Waals surface area contributed by atoms with E-state index in [4.69, 9.17) is 17.0 Å². The predicted octanol–water partition coefficient (Wildman–Crippen LogP) is 4.17. The van der Waals surface area contributed by atoms with Crippen LogP contribution in [0.2, 0.25) is 0 Å². The third kappa shape index (κ3) is 8.51. The van der Waals surface area contributed by atoms with Gasteiger partial charge in [-0.2, -0.15) is 0 Å². The van der Waals surface area contributed by atoms with Crippen LogP contribution in [0.15, 0.2) is 53.0 Å². The summed E-state index contributed by atoms with van der Waals surface area (Å²) < 4.78 is 6.30. The second-order valence-electron chi connectivity index (χ2n) is 7.92. The second kappa shape index (κ2) is 11.1. The summed E-state index contributed by atoms with van der Waals surface area (Å²) >= 11 is 8.47. The lowest BCUT2D eigenvalue weighted by atomic mass is 9.87. The Hall–Kier alpha value is -2.71. The van der Waals surface area contributed by atoms with Gasteiger partial charge in [0.2, 0.25) is 5.91 Å². The molecule has 0 saturated carbocycles. The van der Waals surface area contributed by atoms with Crippen molar-refractivity contribution in [3.05, 3.63) is 69.7 Å². The van der Waals surface area contributed by atoms with Crippen LogP contribution >= 0.6 is 28.1 Å². The van der Waals surface area contributed by atoms with Crippen molar-refractivity contribution < 1.29 is 14.3 Å². The zero-order valence-corrected chi connectivity index (χ0v) is 20.3. The molecule has 0 aromatic heterocycles. The molecular formula is C23H26BrN3O3S. The second-order valence-corrected chi connectivity index (χ2v) is 9.18. The van der Waals surface area contributed by atoms with Gasteiger partial charge in [0.15, 0.2) is 11.7 Å². The van der Waals surface area contributed by atoms with E-state index in [1.807, 2.05) is 49.4 Å². The number of carbonyl (C=O) groups excluding carboxylic acids is 2. The van der Waals surface area contributed by atoms with Crippen molar-refractivity contribution in [3.63, 3.8) is 0 Å². The minimum atomic E-state index is -0.446. The summed E-state index contributed by atoms with van der Waals surface area (Å²) in [5, 5.41) is 2.43. The van der Waals surface area contributed by atoms with Gasteiger partial charge in [0.1, 0.15) is 5.75 Å². The standard InChI is InChI=1S/C23H26BrN3O3S/c1-15-5-7-16(8-6-15)9-12-20(28)25-22(31)27-26-21(29)14-30-19-11-10-17(13-18(19)24)23(2,3)4/h5-13H,14H2,1-4H3,(H,26,29)(H2,25,27,28,31)/b12-9+. The summed E-state index contributed by atoms with van der Waals surface area (Å²) in [5.41, 5.74) is 8.05. The van der Waals surface area contributed by atoms with Crippen molar-refractivity contribution in [1.82, 2.24) is 16.2 Å². The van der Waals surface area contributed by atoms with Gasteiger partial charge in [0, 0.05) is 6.08 Å². The van der Waals surface area contributed by atoms with Crippen LogP contribution in [-0.2, 0) is 15.0 Å². The molecule has 0 atom stereocenters. The fraction of sp³-hybridized carbons (Fsp3) is 0.261. The molecular weight excluding hydrogens is 478 g/mol. The van der Waals surface area contributed by atoms with E-state index in [-0.39, 0.29) is 17.1 Å². The number of nitrogens with one attached hydrogen (secondary N) is 3. The van der Waals surface area contributed by atoms with E-state index in [9.17, 15) is 9.59 Å². The summed E-state index contributed by atoms with van der Waals surface area (Å²) in [6, 6.07) is 13.5. The number of rotatable bonds is 5. The van der Waals surface area contributed by atoms with Gasteiger partial charge in [-0.15, -0.1) is 0 Å². The Morgan fingerprint density at radius 2 is 1.77 bits per heavy atom. The number of halogens is 1. The predicted molar refractivity (Wildman–Crippen MR) is 131 cm³/mol. The number of carbonyl (C=O) groups is 2. The fourth-order valence-corrected chi connectivity index (χ4v) is 3.07. The molecule has 3 N–H and O–H groups in total. The SMILES string of the molecule is Cc1ccc(/C=C/C(=O)NC(=S)NNC(=O)COc2ccc(C(C)(C)C)cc2Br)cc1. The summed E-state index contributed by atoms with van der Waals surface area (Å²) in [6.07, 6.45) is 3.04. The van der Waals surface area contributed by atoms with E-state index in [1.165, 1.54) is 6.08 Å². The van der Waals surface area contributed by atoms with Gasteiger partial charge < -0.3 is 4.74 Å². The number of hydrogen-bond donors (Lipinski definition) is 3. The third-order valence-corrected chi connectivity index (χ3v) is 5.04. The van der Waals surface area contributed by atoms with Gasteiger partial charge in [0.05, 0.1) is 4.47 Å². The average molecular weight is 504 g/mol. The van der Waals surface area contributed by atoms with Crippen molar-refractivity contribution in [1.29, 1.82) is 0 Å². The zero-order valence-electron chi connectivity index (χ0n) is 17.9. The van der Waals surface area contributed by atoms with Gasteiger partial charge in [-0.1, -0.05) is 56.7 Å². The first-order valence-corrected chi connectivity index (χ1v) is 10.8. The molecule has 0 heterocycles. The molecule has 0 unspecified atom stereocenters. The quantitative estimate of drug-likeness (QED) is 0.324. The highest BCUT2D eigenvalue weighted by Gasteiger charge is 2.15. The van der Waals surface area contributed by atoms with Crippen LogP contribution in [0.4, 0.5) is 0 Å². The van der Waals surface area contributed by atoms with Gasteiger partial charge in [-0.25, -0.2) is 0 Å². The van der Waals surface area contributed by atoms with Gasteiger partial charge in [-0.05, 0) is 69.8 Å². The molecule has 0 aliphatic rings. The summed E-state index contributed by atoms with van der Waals surface area (Å²) in [7, 11) is 0. The molecule has 2 rings (SSSR count). The molecule has 0 bridgehead atoms. The van der Waals surface area contributed by atoms with Crippen LogP contribution in [0, 0.1) is 6.92 Å². The summed E-state index contributed by atoms with van der Waals surface area (Å²) in [6.45, 7) is 8.13. The maximum atomic E-state index is 12.0. The van der Waals surface area contributed by atoms with Crippen LogP contribution in [0.3, 0.4) is 0 Å². The Balaban J connectivity index is 1.75. The molecule has 0 radical (unpaired) electrons. The number of amides is 2. The first kappa shape index (κ1) is 24.6.